The summed E-state index contributed by atoms with van der Waals surface area (Å²) in [5.74, 6) is 0.613. The summed E-state index contributed by atoms with van der Waals surface area (Å²) >= 11 is 3.30. The molecule has 0 heterocycles. The van der Waals surface area contributed by atoms with Crippen LogP contribution < -0.4 is 4.74 Å². The van der Waals surface area contributed by atoms with Crippen molar-refractivity contribution in [2.45, 2.75) is 19.2 Å². The SMILES string of the molecule is Cc1cccc(Oc2ccc(CBr)cc2F)c1C. The summed E-state index contributed by atoms with van der Waals surface area (Å²) in [4.78, 5) is 0. The van der Waals surface area contributed by atoms with Crippen molar-refractivity contribution in [3.8, 4) is 11.5 Å². The lowest BCUT2D eigenvalue weighted by Crippen LogP contribution is -1.93. The summed E-state index contributed by atoms with van der Waals surface area (Å²) in [6, 6.07) is 10.7. The Kier molecular flexibility index (Phi) is 4.02. The van der Waals surface area contributed by atoms with Crippen LogP contribution in [0.2, 0.25) is 0 Å². The summed E-state index contributed by atoms with van der Waals surface area (Å²) in [6.45, 7) is 3.97. The molecule has 0 saturated carbocycles. The van der Waals surface area contributed by atoms with Gasteiger partial charge in [-0.15, -0.1) is 0 Å². The standard InChI is InChI=1S/C15H14BrFO/c1-10-4-3-5-14(11(10)2)18-15-7-6-12(9-16)8-13(15)17/h3-8H,9H2,1-2H3. The van der Waals surface area contributed by atoms with E-state index < -0.39 is 0 Å². The van der Waals surface area contributed by atoms with Crippen LogP contribution in [0.1, 0.15) is 16.7 Å². The Morgan fingerprint density at radius 2 is 1.89 bits per heavy atom. The molecule has 0 fully saturated rings. The first kappa shape index (κ1) is 13.1. The fourth-order valence-electron chi connectivity index (χ4n) is 1.66. The highest BCUT2D eigenvalue weighted by Crippen LogP contribution is 2.29. The van der Waals surface area contributed by atoms with Gasteiger partial charge in [0.25, 0.3) is 0 Å². The predicted molar refractivity (Wildman–Crippen MR) is 75.0 cm³/mol. The average molecular weight is 309 g/mol. The molecule has 2 aromatic carbocycles. The molecule has 0 N–H and O–H groups in total. The van der Waals surface area contributed by atoms with E-state index in [-0.39, 0.29) is 11.6 Å². The van der Waals surface area contributed by atoms with Gasteiger partial charge in [-0.2, -0.15) is 0 Å². The molecule has 0 aliphatic rings. The van der Waals surface area contributed by atoms with Gasteiger partial charge >= 0.3 is 0 Å². The Balaban J connectivity index is 2.31. The van der Waals surface area contributed by atoms with Crippen LogP contribution in [-0.4, -0.2) is 0 Å². The van der Waals surface area contributed by atoms with Crippen molar-refractivity contribution in [1.29, 1.82) is 0 Å². The van der Waals surface area contributed by atoms with Crippen LogP contribution in [0.25, 0.3) is 0 Å². The van der Waals surface area contributed by atoms with Gasteiger partial charge < -0.3 is 4.74 Å². The van der Waals surface area contributed by atoms with E-state index in [1.807, 2.05) is 38.1 Å². The molecule has 3 heteroatoms. The number of benzene rings is 2. The molecule has 0 unspecified atom stereocenters. The minimum absolute atomic E-state index is 0.258. The Morgan fingerprint density at radius 3 is 2.56 bits per heavy atom. The van der Waals surface area contributed by atoms with Crippen LogP contribution in [-0.2, 0) is 5.33 Å². The second kappa shape index (κ2) is 5.53. The van der Waals surface area contributed by atoms with E-state index in [4.69, 9.17) is 4.74 Å². The molecule has 1 nitrogen and oxygen atoms in total. The van der Waals surface area contributed by atoms with E-state index in [2.05, 4.69) is 15.9 Å². The predicted octanol–water partition coefficient (Wildman–Crippen LogP) is 5.13. The van der Waals surface area contributed by atoms with Crippen molar-refractivity contribution in [3.63, 3.8) is 0 Å². The largest absolute Gasteiger partial charge is 0.454 e. The quantitative estimate of drug-likeness (QED) is 0.714. The number of aryl methyl sites for hydroxylation is 1. The van der Waals surface area contributed by atoms with E-state index in [9.17, 15) is 4.39 Å². The van der Waals surface area contributed by atoms with Gasteiger partial charge in [-0.25, -0.2) is 4.39 Å². The van der Waals surface area contributed by atoms with Gasteiger partial charge in [0.05, 0.1) is 0 Å². The molecule has 0 bridgehead atoms. The first-order valence-electron chi connectivity index (χ1n) is 5.70. The summed E-state index contributed by atoms with van der Waals surface area (Å²) < 4.78 is 19.4. The number of halogens is 2. The Labute approximate surface area is 115 Å². The molecule has 0 aliphatic carbocycles. The zero-order chi connectivity index (χ0) is 13.1. The van der Waals surface area contributed by atoms with Crippen molar-refractivity contribution >= 4 is 15.9 Å². The van der Waals surface area contributed by atoms with E-state index in [0.29, 0.717) is 11.1 Å². The molecule has 0 saturated heterocycles. The third kappa shape index (κ3) is 2.72. The first-order valence-corrected chi connectivity index (χ1v) is 6.82. The topological polar surface area (TPSA) is 9.23 Å². The molecule has 0 spiro atoms. The summed E-state index contributed by atoms with van der Waals surface area (Å²) in [5.41, 5.74) is 3.05. The highest BCUT2D eigenvalue weighted by Gasteiger charge is 2.08. The van der Waals surface area contributed by atoms with Crippen LogP contribution >= 0.6 is 15.9 Å². The Bertz CT molecular complexity index is 566. The highest BCUT2D eigenvalue weighted by molar-refractivity contribution is 9.08. The van der Waals surface area contributed by atoms with Crippen LogP contribution in [0.15, 0.2) is 36.4 Å². The molecule has 0 aromatic heterocycles. The van der Waals surface area contributed by atoms with Crippen LogP contribution in [0.3, 0.4) is 0 Å². The molecule has 0 atom stereocenters. The minimum atomic E-state index is -0.340. The third-order valence-corrected chi connectivity index (χ3v) is 3.57. The maximum Gasteiger partial charge on any atom is 0.166 e. The third-order valence-electron chi connectivity index (χ3n) is 2.93. The molecule has 18 heavy (non-hydrogen) atoms. The lowest BCUT2D eigenvalue weighted by Gasteiger charge is -2.11. The number of hydrogen-bond donors (Lipinski definition) is 0. The molecule has 0 radical (unpaired) electrons. The van der Waals surface area contributed by atoms with Crippen molar-refractivity contribution in [2.24, 2.45) is 0 Å². The smallest absolute Gasteiger partial charge is 0.166 e. The van der Waals surface area contributed by atoms with Gasteiger partial charge in [-0.3, -0.25) is 0 Å². The number of rotatable bonds is 3. The second-order valence-electron chi connectivity index (χ2n) is 4.20. The van der Waals surface area contributed by atoms with Gasteiger partial charge in [0.2, 0.25) is 0 Å². The molecule has 2 rings (SSSR count). The molecular formula is C15H14BrFO. The summed E-state index contributed by atoms with van der Waals surface area (Å²) in [7, 11) is 0. The van der Waals surface area contributed by atoms with Crippen LogP contribution in [0.5, 0.6) is 11.5 Å². The van der Waals surface area contributed by atoms with Crippen molar-refractivity contribution in [2.75, 3.05) is 0 Å². The van der Waals surface area contributed by atoms with Gasteiger partial charge in [-0.05, 0) is 48.7 Å². The highest BCUT2D eigenvalue weighted by atomic mass is 79.9. The normalized spacial score (nSPS) is 10.4. The lowest BCUT2D eigenvalue weighted by atomic mass is 10.1. The van der Waals surface area contributed by atoms with Crippen LogP contribution in [0.4, 0.5) is 4.39 Å². The van der Waals surface area contributed by atoms with Crippen molar-refractivity contribution in [1.82, 2.24) is 0 Å². The lowest BCUT2D eigenvalue weighted by molar-refractivity contribution is 0.439. The van der Waals surface area contributed by atoms with Crippen molar-refractivity contribution in [3.05, 3.63) is 58.9 Å². The zero-order valence-electron chi connectivity index (χ0n) is 10.3. The molecular weight excluding hydrogens is 295 g/mol. The maximum atomic E-state index is 13.8. The van der Waals surface area contributed by atoms with Gasteiger partial charge in [0.15, 0.2) is 11.6 Å². The molecule has 2 aromatic rings. The van der Waals surface area contributed by atoms with Crippen LogP contribution in [0, 0.1) is 19.7 Å². The van der Waals surface area contributed by atoms with Gasteiger partial charge in [0, 0.05) is 5.33 Å². The van der Waals surface area contributed by atoms with E-state index in [0.717, 1.165) is 16.7 Å². The monoisotopic (exact) mass is 308 g/mol. The Hall–Kier alpha value is -1.35. The molecule has 94 valence electrons. The Morgan fingerprint density at radius 1 is 1.11 bits per heavy atom. The second-order valence-corrected chi connectivity index (χ2v) is 4.76. The minimum Gasteiger partial charge on any atom is -0.454 e. The average Bonchev–Trinajstić information content (AvgIpc) is 2.37. The fraction of sp³-hybridized carbons (Fsp3) is 0.200. The van der Waals surface area contributed by atoms with Gasteiger partial charge in [-0.1, -0.05) is 34.1 Å². The van der Waals surface area contributed by atoms with E-state index in [1.54, 1.807) is 6.07 Å². The summed E-state index contributed by atoms with van der Waals surface area (Å²) in [6.07, 6.45) is 0. The van der Waals surface area contributed by atoms with Crippen molar-refractivity contribution < 1.29 is 9.13 Å². The fourth-order valence-corrected chi connectivity index (χ4v) is 2.01. The first-order chi connectivity index (χ1) is 8.61. The zero-order valence-corrected chi connectivity index (χ0v) is 11.9. The summed E-state index contributed by atoms with van der Waals surface area (Å²) in [5, 5.41) is 0.633. The maximum absolute atomic E-state index is 13.8. The van der Waals surface area contributed by atoms with E-state index >= 15 is 0 Å². The number of ether oxygens (including phenoxy) is 1. The van der Waals surface area contributed by atoms with E-state index in [1.165, 1.54) is 6.07 Å². The molecule has 0 amide bonds. The van der Waals surface area contributed by atoms with Gasteiger partial charge in [0.1, 0.15) is 5.75 Å². The number of alkyl halides is 1. The number of hydrogen-bond acceptors (Lipinski definition) is 1. The molecule has 0 aliphatic heterocycles.